The number of para-hydroxylation sites is 1. The van der Waals surface area contributed by atoms with E-state index < -0.39 is 6.23 Å². The smallest absolute Gasteiger partial charge is 0.215 e. The number of ether oxygens (including phenoxy) is 1. The predicted octanol–water partition coefficient (Wildman–Crippen LogP) is 3.74. The van der Waals surface area contributed by atoms with E-state index in [0.717, 1.165) is 16.9 Å². The molecule has 0 saturated heterocycles. The van der Waals surface area contributed by atoms with Crippen LogP contribution in [0.25, 0.3) is 0 Å². The van der Waals surface area contributed by atoms with Crippen molar-refractivity contribution in [1.82, 2.24) is 9.99 Å². The molecule has 2 atom stereocenters. The topological polar surface area (TPSA) is 78.2 Å². The van der Waals surface area contributed by atoms with Crippen molar-refractivity contribution in [3.8, 4) is 17.2 Å². The van der Waals surface area contributed by atoms with E-state index in [1.807, 2.05) is 41.4 Å². The second-order valence-corrected chi connectivity index (χ2v) is 6.64. The summed E-state index contributed by atoms with van der Waals surface area (Å²) in [6.45, 7) is 0. The summed E-state index contributed by atoms with van der Waals surface area (Å²) in [7, 11) is 0. The van der Waals surface area contributed by atoms with Gasteiger partial charge in [0.05, 0.1) is 11.8 Å². The summed E-state index contributed by atoms with van der Waals surface area (Å²) in [5.74, 6) is 1.01. The Morgan fingerprint density at radius 2 is 1.93 bits per heavy atom. The van der Waals surface area contributed by atoms with E-state index in [4.69, 9.17) is 9.84 Å². The van der Waals surface area contributed by atoms with Crippen LogP contribution in [0.1, 0.15) is 35.4 Å². The molecule has 1 aromatic heterocycles. The number of pyridine rings is 1. The Bertz CT molecular complexity index is 1040. The summed E-state index contributed by atoms with van der Waals surface area (Å²) < 4.78 is 6.24. The van der Waals surface area contributed by atoms with E-state index in [9.17, 15) is 10.2 Å². The van der Waals surface area contributed by atoms with Gasteiger partial charge in [0.25, 0.3) is 0 Å². The van der Waals surface area contributed by atoms with E-state index in [1.54, 1.807) is 18.5 Å². The van der Waals surface area contributed by atoms with Gasteiger partial charge >= 0.3 is 0 Å². The molecular formula is C21H17N3O3. The Morgan fingerprint density at radius 1 is 1.04 bits per heavy atom. The Kier molecular flexibility index (Phi) is 3.50. The summed E-state index contributed by atoms with van der Waals surface area (Å²) in [6.07, 6.45) is 3.69. The number of hydrogen-bond acceptors (Lipinski definition) is 6. The Balaban J connectivity index is 1.62. The molecule has 134 valence electrons. The van der Waals surface area contributed by atoms with Crippen LogP contribution >= 0.6 is 0 Å². The standard InChI is InChI=1S/C21H17N3O3/c25-14-7-8-19(26)16(10-14)17-11-18-15-5-1-2-6-20(15)27-21(24(18)23-17)13-4-3-9-22-12-13/h1-10,12,18,21,25-26H,11H2/t18-,21-/m1/s1. The zero-order valence-electron chi connectivity index (χ0n) is 14.4. The molecule has 27 heavy (non-hydrogen) atoms. The van der Waals surface area contributed by atoms with Crippen LogP contribution in [0.4, 0.5) is 0 Å². The van der Waals surface area contributed by atoms with Gasteiger partial charge in [-0.05, 0) is 30.3 Å². The van der Waals surface area contributed by atoms with Crippen molar-refractivity contribution in [1.29, 1.82) is 0 Å². The Labute approximate surface area is 156 Å². The van der Waals surface area contributed by atoms with Crippen molar-refractivity contribution in [2.24, 2.45) is 5.10 Å². The Hall–Kier alpha value is -3.54. The van der Waals surface area contributed by atoms with Crippen LogP contribution in [0.5, 0.6) is 17.2 Å². The minimum absolute atomic E-state index is 0.0168. The van der Waals surface area contributed by atoms with Crippen LogP contribution in [0, 0.1) is 0 Å². The lowest BCUT2D eigenvalue weighted by Crippen LogP contribution is -2.33. The lowest BCUT2D eigenvalue weighted by atomic mass is 9.95. The molecule has 2 aromatic carbocycles. The van der Waals surface area contributed by atoms with Gasteiger partial charge in [-0.3, -0.25) is 4.98 Å². The van der Waals surface area contributed by atoms with Gasteiger partial charge in [-0.2, -0.15) is 5.10 Å². The molecule has 5 rings (SSSR count). The third-order valence-corrected chi connectivity index (χ3v) is 4.96. The highest BCUT2D eigenvalue weighted by Crippen LogP contribution is 2.47. The maximum atomic E-state index is 10.3. The highest BCUT2D eigenvalue weighted by molar-refractivity contribution is 6.04. The normalized spacial score (nSPS) is 20.4. The first kappa shape index (κ1) is 15.7. The number of nitrogens with zero attached hydrogens (tertiary/aromatic N) is 3. The second-order valence-electron chi connectivity index (χ2n) is 6.64. The highest BCUT2D eigenvalue weighted by atomic mass is 16.5. The van der Waals surface area contributed by atoms with E-state index in [-0.39, 0.29) is 17.5 Å². The van der Waals surface area contributed by atoms with Gasteiger partial charge in [-0.25, -0.2) is 5.01 Å². The number of fused-ring (bicyclic) bond motifs is 3. The highest BCUT2D eigenvalue weighted by Gasteiger charge is 2.41. The van der Waals surface area contributed by atoms with Crippen LogP contribution in [0.2, 0.25) is 0 Å². The van der Waals surface area contributed by atoms with Crippen molar-refractivity contribution in [2.45, 2.75) is 18.7 Å². The minimum Gasteiger partial charge on any atom is -0.508 e. The fourth-order valence-corrected chi connectivity index (χ4v) is 3.69. The van der Waals surface area contributed by atoms with Gasteiger partial charge in [-0.1, -0.05) is 24.3 Å². The number of rotatable bonds is 2. The molecule has 0 fully saturated rings. The van der Waals surface area contributed by atoms with E-state index in [0.29, 0.717) is 17.7 Å². The number of aromatic hydroxyl groups is 2. The SMILES string of the molecule is Oc1ccc(O)c(C2=NN3[C@H](C2)c2ccccc2O[C@@H]3c2cccnc2)c1. The van der Waals surface area contributed by atoms with E-state index in [2.05, 4.69) is 4.98 Å². The van der Waals surface area contributed by atoms with Crippen molar-refractivity contribution in [3.63, 3.8) is 0 Å². The zero-order chi connectivity index (χ0) is 18.4. The van der Waals surface area contributed by atoms with Gasteiger partial charge in [0.2, 0.25) is 6.23 Å². The van der Waals surface area contributed by atoms with Crippen molar-refractivity contribution >= 4 is 5.71 Å². The molecule has 3 heterocycles. The lowest BCUT2D eigenvalue weighted by molar-refractivity contribution is -0.0192. The van der Waals surface area contributed by atoms with Gasteiger partial charge < -0.3 is 14.9 Å². The molecule has 0 amide bonds. The number of benzene rings is 2. The minimum atomic E-state index is -0.407. The molecule has 2 N–H and O–H groups in total. The molecule has 3 aromatic rings. The molecule has 0 spiro atoms. The fourth-order valence-electron chi connectivity index (χ4n) is 3.69. The average Bonchev–Trinajstić information content (AvgIpc) is 3.15. The van der Waals surface area contributed by atoms with Gasteiger partial charge in [0, 0.05) is 35.5 Å². The average molecular weight is 359 g/mol. The number of phenols is 2. The van der Waals surface area contributed by atoms with Crippen LogP contribution in [0.15, 0.2) is 72.1 Å². The molecule has 6 nitrogen and oxygen atoms in total. The maximum absolute atomic E-state index is 10.3. The molecule has 0 saturated carbocycles. The first-order chi connectivity index (χ1) is 13.2. The third kappa shape index (κ3) is 2.57. The van der Waals surface area contributed by atoms with Gasteiger partial charge in [0.15, 0.2) is 0 Å². The van der Waals surface area contributed by atoms with Crippen molar-refractivity contribution in [3.05, 3.63) is 83.7 Å². The van der Waals surface area contributed by atoms with Crippen molar-refractivity contribution in [2.75, 3.05) is 0 Å². The van der Waals surface area contributed by atoms with Crippen LogP contribution in [0.3, 0.4) is 0 Å². The van der Waals surface area contributed by atoms with E-state index >= 15 is 0 Å². The molecule has 0 unspecified atom stereocenters. The van der Waals surface area contributed by atoms with Crippen LogP contribution < -0.4 is 4.74 Å². The third-order valence-electron chi connectivity index (χ3n) is 4.96. The number of phenolic OH excluding ortho intramolecular Hbond substituents is 2. The number of hydrogen-bond donors (Lipinski definition) is 2. The summed E-state index contributed by atoms with van der Waals surface area (Å²) in [5, 5.41) is 26.8. The van der Waals surface area contributed by atoms with Crippen molar-refractivity contribution < 1.29 is 14.9 Å². The summed E-state index contributed by atoms with van der Waals surface area (Å²) >= 11 is 0. The monoisotopic (exact) mass is 359 g/mol. The van der Waals surface area contributed by atoms with E-state index in [1.165, 1.54) is 12.1 Å². The van der Waals surface area contributed by atoms with Gasteiger partial charge in [-0.15, -0.1) is 0 Å². The summed E-state index contributed by atoms with van der Waals surface area (Å²) in [4.78, 5) is 4.20. The largest absolute Gasteiger partial charge is 0.508 e. The van der Waals surface area contributed by atoms with Crippen LogP contribution in [-0.2, 0) is 0 Å². The molecule has 6 heteroatoms. The molecule has 2 aliphatic heterocycles. The molecule has 0 bridgehead atoms. The number of hydrazone groups is 1. The number of aromatic nitrogens is 1. The first-order valence-electron chi connectivity index (χ1n) is 8.74. The molecule has 2 aliphatic rings. The molecular weight excluding hydrogens is 342 g/mol. The zero-order valence-corrected chi connectivity index (χ0v) is 14.4. The lowest BCUT2D eigenvalue weighted by Gasteiger charge is -2.38. The summed E-state index contributed by atoms with van der Waals surface area (Å²) in [5.41, 5.74) is 3.20. The summed E-state index contributed by atoms with van der Waals surface area (Å²) in [6, 6.07) is 16.2. The van der Waals surface area contributed by atoms with Crippen LogP contribution in [-0.4, -0.2) is 25.9 Å². The second kappa shape index (κ2) is 6.02. The predicted molar refractivity (Wildman–Crippen MR) is 99.6 cm³/mol. The maximum Gasteiger partial charge on any atom is 0.215 e. The molecule has 0 aliphatic carbocycles. The first-order valence-corrected chi connectivity index (χ1v) is 8.74. The molecule has 0 radical (unpaired) electrons. The fraction of sp³-hybridized carbons (Fsp3) is 0.143. The van der Waals surface area contributed by atoms with Gasteiger partial charge in [0.1, 0.15) is 17.2 Å². The Morgan fingerprint density at radius 3 is 2.78 bits per heavy atom. The quantitative estimate of drug-likeness (QED) is 0.682.